The third-order valence-corrected chi connectivity index (χ3v) is 4.02. The van der Waals surface area contributed by atoms with Crippen LogP contribution >= 0.6 is 0 Å². The highest BCUT2D eigenvalue weighted by atomic mass is 14.9. The van der Waals surface area contributed by atoms with Crippen LogP contribution in [-0.2, 0) is 5.41 Å². The largest absolute Gasteiger partial charge is 0.313 e. The molecule has 0 bridgehead atoms. The topological polar surface area (TPSA) is 12.0 Å². The Kier molecular flexibility index (Phi) is 4.98. The molecule has 0 aliphatic carbocycles. The van der Waals surface area contributed by atoms with E-state index in [0.29, 0.717) is 17.9 Å². The van der Waals surface area contributed by atoms with Crippen LogP contribution in [0.4, 0.5) is 0 Å². The average molecular weight is 247 g/mol. The van der Waals surface area contributed by atoms with Gasteiger partial charge in [-0.2, -0.15) is 0 Å². The van der Waals surface area contributed by atoms with E-state index < -0.39 is 0 Å². The lowest BCUT2D eigenvalue weighted by atomic mass is 9.83. The summed E-state index contributed by atoms with van der Waals surface area (Å²) in [5.41, 5.74) is 3.03. The van der Waals surface area contributed by atoms with Crippen molar-refractivity contribution in [1.82, 2.24) is 5.32 Å². The van der Waals surface area contributed by atoms with E-state index in [1.807, 2.05) is 0 Å². The van der Waals surface area contributed by atoms with Crippen molar-refractivity contribution in [3.63, 3.8) is 0 Å². The van der Waals surface area contributed by atoms with Crippen LogP contribution in [0.5, 0.6) is 0 Å². The molecule has 1 rings (SSSR count). The van der Waals surface area contributed by atoms with Crippen molar-refractivity contribution in [3.8, 4) is 0 Å². The van der Waals surface area contributed by atoms with Crippen LogP contribution in [0.15, 0.2) is 24.3 Å². The first-order valence-electron chi connectivity index (χ1n) is 7.05. The third-order valence-electron chi connectivity index (χ3n) is 4.02. The normalized spacial score (nSPS) is 15.8. The zero-order valence-electron chi connectivity index (χ0n) is 13.0. The van der Waals surface area contributed by atoms with Crippen LogP contribution in [0, 0.1) is 11.8 Å². The molecular weight excluding hydrogens is 218 g/mol. The van der Waals surface area contributed by atoms with Gasteiger partial charge in [0.25, 0.3) is 0 Å². The molecule has 1 N–H and O–H groups in total. The van der Waals surface area contributed by atoms with Crippen LogP contribution in [0.1, 0.15) is 58.7 Å². The van der Waals surface area contributed by atoms with Crippen LogP contribution in [0.25, 0.3) is 0 Å². The summed E-state index contributed by atoms with van der Waals surface area (Å²) in [5.74, 6) is 1.32. The van der Waals surface area contributed by atoms with E-state index >= 15 is 0 Å². The fourth-order valence-electron chi connectivity index (χ4n) is 2.31. The molecular formula is C17H29N. The Morgan fingerprint density at radius 2 is 1.44 bits per heavy atom. The molecule has 0 radical (unpaired) electrons. The van der Waals surface area contributed by atoms with Gasteiger partial charge in [0.05, 0.1) is 0 Å². The van der Waals surface area contributed by atoms with Gasteiger partial charge in [0.15, 0.2) is 0 Å². The second kappa shape index (κ2) is 5.88. The smallest absolute Gasteiger partial charge is 0.0345 e. The summed E-state index contributed by atoms with van der Waals surface area (Å²) in [6.45, 7) is 13.7. The molecule has 2 unspecified atom stereocenters. The molecule has 18 heavy (non-hydrogen) atoms. The van der Waals surface area contributed by atoms with Crippen LogP contribution in [0.3, 0.4) is 0 Å². The lowest BCUT2D eigenvalue weighted by Crippen LogP contribution is -2.26. The summed E-state index contributed by atoms with van der Waals surface area (Å²) in [6, 6.07) is 9.54. The van der Waals surface area contributed by atoms with Crippen molar-refractivity contribution < 1.29 is 0 Å². The summed E-state index contributed by atoms with van der Waals surface area (Å²) in [5, 5.41) is 3.46. The molecule has 1 aromatic rings. The van der Waals surface area contributed by atoms with Crippen molar-refractivity contribution in [1.29, 1.82) is 0 Å². The molecule has 0 heterocycles. The Bertz CT molecular complexity index is 356. The fourth-order valence-corrected chi connectivity index (χ4v) is 2.31. The SMILES string of the molecule is CNC(c1ccc(C(C)(C)C)cc1)C(C)C(C)C. The van der Waals surface area contributed by atoms with Gasteiger partial charge in [0.2, 0.25) is 0 Å². The van der Waals surface area contributed by atoms with Gasteiger partial charge in [-0.25, -0.2) is 0 Å². The Morgan fingerprint density at radius 1 is 0.944 bits per heavy atom. The van der Waals surface area contributed by atoms with Crippen molar-refractivity contribution in [3.05, 3.63) is 35.4 Å². The van der Waals surface area contributed by atoms with Gasteiger partial charge in [0.1, 0.15) is 0 Å². The fraction of sp³-hybridized carbons (Fsp3) is 0.647. The van der Waals surface area contributed by atoms with Crippen molar-refractivity contribution in [2.75, 3.05) is 7.05 Å². The molecule has 0 fully saturated rings. The quantitative estimate of drug-likeness (QED) is 0.824. The molecule has 0 amide bonds. The van der Waals surface area contributed by atoms with E-state index in [2.05, 4.69) is 78.2 Å². The van der Waals surface area contributed by atoms with Crippen molar-refractivity contribution in [2.24, 2.45) is 11.8 Å². The maximum absolute atomic E-state index is 3.46. The summed E-state index contributed by atoms with van der Waals surface area (Å²) in [7, 11) is 2.06. The Morgan fingerprint density at radius 3 is 1.78 bits per heavy atom. The van der Waals surface area contributed by atoms with E-state index in [9.17, 15) is 0 Å². The molecule has 102 valence electrons. The number of hydrogen-bond acceptors (Lipinski definition) is 1. The van der Waals surface area contributed by atoms with Crippen LogP contribution < -0.4 is 5.32 Å². The number of hydrogen-bond donors (Lipinski definition) is 1. The van der Waals surface area contributed by atoms with Crippen LogP contribution in [-0.4, -0.2) is 7.05 Å². The zero-order chi connectivity index (χ0) is 13.9. The minimum Gasteiger partial charge on any atom is -0.313 e. The maximum Gasteiger partial charge on any atom is 0.0345 e. The van der Waals surface area contributed by atoms with E-state index in [4.69, 9.17) is 0 Å². The highest BCUT2D eigenvalue weighted by Gasteiger charge is 2.21. The molecule has 0 saturated heterocycles. The van der Waals surface area contributed by atoms with Gasteiger partial charge in [-0.1, -0.05) is 65.8 Å². The van der Waals surface area contributed by atoms with E-state index in [1.165, 1.54) is 11.1 Å². The Balaban J connectivity index is 2.96. The van der Waals surface area contributed by atoms with Gasteiger partial charge < -0.3 is 5.32 Å². The second-order valence-corrected chi connectivity index (χ2v) is 6.74. The predicted molar refractivity (Wildman–Crippen MR) is 80.9 cm³/mol. The van der Waals surface area contributed by atoms with Gasteiger partial charge in [0, 0.05) is 6.04 Å². The molecule has 0 aromatic heterocycles. The molecule has 0 saturated carbocycles. The highest BCUT2D eigenvalue weighted by Crippen LogP contribution is 2.29. The summed E-state index contributed by atoms with van der Waals surface area (Å²) in [6.07, 6.45) is 0. The first-order valence-corrected chi connectivity index (χ1v) is 7.05. The average Bonchev–Trinajstić information content (AvgIpc) is 2.29. The third kappa shape index (κ3) is 3.58. The van der Waals surface area contributed by atoms with E-state index in [-0.39, 0.29) is 5.41 Å². The van der Waals surface area contributed by atoms with E-state index in [1.54, 1.807) is 0 Å². The number of nitrogens with one attached hydrogen (secondary N) is 1. The molecule has 1 nitrogen and oxygen atoms in total. The minimum atomic E-state index is 0.233. The standard InChI is InChI=1S/C17H29N/c1-12(2)13(3)16(18-7)14-8-10-15(11-9-14)17(4,5)6/h8-13,16,18H,1-7H3. The lowest BCUT2D eigenvalue weighted by molar-refractivity contribution is 0.317. The lowest BCUT2D eigenvalue weighted by Gasteiger charge is -2.28. The summed E-state index contributed by atoms with van der Waals surface area (Å²) >= 11 is 0. The first kappa shape index (κ1) is 15.2. The first-order chi connectivity index (χ1) is 8.27. The number of benzene rings is 1. The van der Waals surface area contributed by atoms with Crippen LogP contribution in [0.2, 0.25) is 0 Å². The summed E-state index contributed by atoms with van der Waals surface area (Å²) < 4.78 is 0. The molecule has 1 heteroatoms. The van der Waals surface area contributed by atoms with Gasteiger partial charge in [-0.15, -0.1) is 0 Å². The highest BCUT2D eigenvalue weighted by molar-refractivity contribution is 5.29. The van der Waals surface area contributed by atoms with Gasteiger partial charge in [-0.3, -0.25) is 0 Å². The Labute approximate surface area is 113 Å². The zero-order valence-corrected chi connectivity index (χ0v) is 13.0. The molecule has 1 aromatic carbocycles. The molecule has 0 aliphatic rings. The number of rotatable bonds is 4. The summed E-state index contributed by atoms with van der Waals surface area (Å²) in [4.78, 5) is 0. The predicted octanol–water partition coefficient (Wildman–Crippen LogP) is 4.54. The monoisotopic (exact) mass is 247 g/mol. The van der Waals surface area contributed by atoms with Crippen molar-refractivity contribution >= 4 is 0 Å². The second-order valence-electron chi connectivity index (χ2n) is 6.74. The minimum absolute atomic E-state index is 0.233. The van der Waals surface area contributed by atoms with Gasteiger partial charge >= 0.3 is 0 Å². The molecule has 0 aliphatic heterocycles. The van der Waals surface area contributed by atoms with E-state index in [0.717, 1.165) is 0 Å². The molecule has 0 spiro atoms. The maximum atomic E-state index is 3.46. The van der Waals surface area contributed by atoms with Gasteiger partial charge in [-0.05, 0) is 35.4 Å². The molecule has 2 atom stereocenters. The Hall–Kier alpha value is -0.820. The van der Waals surface area contributed by atoms with Crippen molar-refractivity contribution in [2.45, 2.75) is 53.0 Å².